The number of anilines is 1. The van der Waals surface area contributed by atoms with E-state index in [2.05, 4.69) is 5.32 Å². The highest BCUT2D eigenvalue weighted by atomic mass is 16.2. The molecule has 2 aliphatic rings. The highest BCUT2D eigenvalue weighted by Gasteiger charge is 2.55. The zero-order valence-electron chi connectivity index (χ0n) is 17.3. The summed E-state index contributed by atoms with van der Waals surface area (Å²) in [6, 6.07) is 20.8. The molecule has 4 amide bonds. The molecule has 1 unspecified atom stereocenters. The van der Waals surface area contributed by atoms with Crippen LogP contribution in [0.1, 0.15) is 24.5 Å². The summed E-state index contributed by atoms with van der Waals surface area (Å²) in [5.41, 5.74) is 1.63. The molecule has 31 heavy (non-hydrogen) atoms. The molecule has 0 bridgehead atoms. The Kier molecular flexibility index (Phi) is 4.50. The van der Waals surface area contributed by atoms with Crippen LogP contribution >= 0.6 is 0 Å². The Bertz CT molecular complexity index is 1220. The second kappa shape index (κ2) is 7.23. The molecule has 1 N–H and O–H groups in total. The lowest BCUT2D eigenvalue weighted by atomic mass is 9.92. The summed E-state index contributed by atoms with van der Waals surface area (Å²) in [4.78, 5) is 42.1. The van der Waals surface area contributed by atoms with Crippen LogP contribution in [0.4, 0.5) is 10.5 Å². The van der Waals surface area contributed by atoms with Crippen molar-refractivity contribution in [3.05, 3.63) is 77.9 Å². The van der Waals surface area contributed by atoms with Gasteiger partial charge in [0.25, 0.3) is 5.91 Å². The molecular weight excluding hydrogens is 390 g/mol. The lowest BCUT2D eigenvalue weighted by Gasteiger charge is -2.25. The third kappa shape index (κ3) is 2.90. The first-order valence-corrected chi connectivity index (χ1v) is 10.6. The largest absolute Gasteiger partial charge is 0.325 e. The molecule has 6 nitrogen and oxygen atoms in total. The number of hydrogen-bond acceptors (Lipinski definition) is 3. The molecule has 1 aliphatic carbocycles. The highest BCUT2D eigenvalue weighted by Crippen LogP contribution is 2.41. The maximum absolute atomic E-state index is 13.4. The van der Waals surface area contributed by atoms with Crippen LogP contribution in [0.3, 0.4) is 0 Å². The fourth-order valence-corrected chi connectivity index (χ4v) is 4.88. The first kappa shape index (κ1) is 19.3. The monoisotopic (exact) mass is 413 g/mol. The standard InChI is InChI=1S/C25H23N3O3/c1-2-27(21-13-7-10-17-8-3-5-11-19(17)21)22(29)16-28-23(30)25(26-24(28)31)15-14-18-9-4-6-12-20(18)25/h3-13H,2,14-16H2,1H3,(H,26,31). The van der Waals surface area contributed by atoms with Gasteiger partial charge in [-0.25, -0.2) is 4.79 Å². The zero-order chi connectivity index (χ0) is 21.6. The number of rotatable bonds is 4. The summed E-state index contributed by atoms with van der Waals surface area (Å²) >= 11 is 0. The molecule has 0 saturated carbocycles. The maximum atomic E-state index is 13.4. The number of likely N-dealkylation sites (N-methyl/N-ethyl adjacent to an activating group) is 1. The third-order valence-corrected chi connectivity index (χ3v) is 6.39. The van der Waals surface area contributed by atoms with Gasteiger partial charge in [0.05, 0.1) is 5.69 Å². The quantitative estimate of drug-likeness (QED) is 0.665. The fraction of sp³-hybridized carbons (Fsp3) is 0.240. The molecule has 3 aromatic carbocycles. The van der Waals surface area contributed by atoms with Crippen LogP contribution in [0, 0.1) is 0 Å². The summed E-state index contributed by atoms with van der Waals surface area (Å²) in [6.07, 6.45) is 1.24. The molecular formula is C25H23N3O3. The molecule has 3 aromatic rings. The van der Waals surface area contributed by atoms with Gasteiger partial charge in [-0.1, -0.05) is 60.7 Å². The van der Waals surface area contributed by atoms with Gasteiger partial charge < -0.3 is 10.2 Å². The van der Waals surface area contributed by atoms with Gasteiger partial charge in [-0.3, -0.25) is 14.5 Å². The molecule has 1 saturated heterocycles. The number of nitrogens with zero attached hydrogens (tertiary/aromatic N) is 2. The molecule has 6 heteroatoms. The topological polar surface area (TPSA) is 69.7 Å². The molecule has 0 radical (unpaired) electrons. The van der Waals surface area contributed by atoms with Crippen molar-refractivity contribution in [1.82, 2.24) is 10.2 Å². The average Bonchev–Trinajstić information content (AvgIpc) is 3.27. The Labute approximate surface area is 180 Å². The van der Waals surface area contributed by atoms with Crippen molar-refractivity contribution in [2.45, 2.75) is 25.3 Å². The van der Waals surface area contributed by atoms with Gasteiger partial charge in [0.15, 0.2) is 0 Å². The van der Waals surface area contributed by atoms with Crippen LogP contribution in [-0.2, 0) is 21.5 Å². The molecule has 5 rings (SSSR count). The summed E-state index contributed by atoms with van der Waals surface area (Å²) < 4.78 is 0. The molecule has 0 aromatic heterocycles. The fourth-order valence-electron chi connectivity index (χ4n) is 4.88. The third-order valence-electron chi connectivity index (χ3n) is 6.39. The number of carbonyl (C=O) groups excluding carboxylic acids is 3. The Morgan fingerprint density at radius 3 is 2.61 bits per heavy atom. The van der Waals surface area contributed by atoms with E-state index in [4.69, 9.17) is 0 Å². The van der Waals surface area contributed by atoms with E-state index in [1.54, 1.807) is 4.90 Å². The lowest BCUT2D eigenvalue weighted by Crippen LogP contribution is -2.45. The van der Waals surface area contributed by atoms with Crippen LogP contribution in [0.25, 0.3) is 10.8 Å². The van der Waals surface area contributed by atoms with Crippen molar-refractivity contribution in [3.8, 4) is 0 Å². The van der Waals surface area contributed by atoms with Gasteiger partial charge in [0.1, 0.15) is 12.1 Å². The van der Waals surface area contributed by atoms with Gasteiger partial charge in [-0.2, -0.15) is 0 Å². The van der Waals surface area contributed by atoms with Gasteiger partial charge in [-0.15, -0.1) is 0 Å². The number of imide groups is 1. The SMILES string of the molecule is CCN(C(=O)CN1C(=O)NC2(CCc3ccccc32)C1=O)c1cccc2ccccc12. The molecule has 156 valence electrons. The maximum Gasteiger partial charge on any atom is 0.325 e. The van der Waals surface area contributed by atoms with Crippen LogP contribution in [0.2, 0.25) is 0 Å². The van der Waals surface area contributed by atoms with Gasteiger partial charge in [0.2, 0.25) is 5.91 Å². The number of nitrogens with one attached hydrogen (secondary N) is 1. The summed E-state index contributed by atoms with van der Waals surface area (Å²) in [5, 5.41) is 4.87. The first-order chi connectivity index (χ1) is 15.0. The molecule has 1 fully saturated rings. The lowest BCUT2D eigenvalue weighted by molar-refractivity contribution is -0.134. The van der Waals surface area contributed by atoms with Crippen LogP contribution < -0.4 is 10.2 Å². The summed E-state index contributed by atoms with van der Waals surface area (Å²) in [6.45, 7) is 2.04. The van der Waals surface area contributed by atoms with E-state index in [9.17, 15) is 14.4 Å². The molecule has 1 atom stereocenters. The van der Waals surface area contributed by atoms with Gasteiger partial charge in [0, 0.05) is 11.9 Å². The average molecular weight is 413 g/mol. The van der Waals surface area contributed by atoms with E-state index in [0.29, 0.717) is 13.0 Å². The highest BCUT2D eigenvalue weighted by molar-refractivity contribution is 6.12. The van der Waals surface area contributed by atoms with E-state index in [1.807, 2.05) is 73.7 Å². The Morgan fingerprint density at radius 2 is 1.77 bits per heavy atom. The van der Waals surface area contributed by atoms with Crippen LogP contribution in [0.15, 0.2) is 66.7 Å². The number of aryl methyl sites for hydroxylation is 1. The Morgan fingerprint density at radius 1 is 1.03 bits per heavy atom. The number of fused-ring (bicyclic) bond motifs is 3. The summed E-state index contributed by atoms with van der Waals surface area (Å²) in [7, 11) is 0. The van der Waals surface area contributed by atoms with E-state index < -0.39 is 11.6 Å². The number of amides is 4. The van der Waals surface area contributed by atoms with Crippen molar-refractivity contribution in [3.63, 3.8) is 0 Å². The van der Waals surface area contributed by atoms with Crippen LogP contribution in [0.5, 0.6) is 0 Å². The number of benzene rings is 3. The van der Waals surface area contributed by atoms with Crippen molar-refractivity contribution in [1.29, 1.82) is 0 Å². The second-order valence-corrected chi connectivity index (χ2v) is 8.02. The van der Waals surface area contributed by atoms with Crippen LogP contribution in [-0.4, -0.2) is 35.8 Å². The molecule has 1 spiro atoms. The van der Waals surface area contributed by atoms with Crippen molar-refractivity contribution in [2.24, 2.45) is 0 Å². The van der Waals surface area contributed by atoms with Crippen molar-refractivity contribution >= 4 is 34.3 Å². The Hall–Kier alpha value is -3.67. The second-order valence-electron chi connectivity index (χ2n) is 8.02. The minimum atomic E-state index is -1.05. The minimum absolute atomic E-state index is 0.286. The summed E-state index contributed by atoms with van der Waals surface area (Å²) in [5.74, 6) is -0.629. The van der Waals surface area contributed by atoms with Crippen molar-refractivity contribution < 1.29 is 14.4 Å². The predicted molar refractivity (Wildman–Crippen MR) is 119 cm³/mol. The zero-order valence-corrected chi connectivity index (χ0v) is 17.3. The minimum Gasteiger partial charge on any atom is -0.319 e. The van der Waals surface area contributed by atoms with E-state index in [1.165, 1.54) is 0 Å². The van der Waals surface area contributed by atoms with Crippen molar-refractivity contribution in [2.75, 3.05) is 18.0 Å². The number of urea groups is 1. The predicted octanol–water partition coefficient (Wildman–Crippen LogP) is 3.59. The number of carbonyl (C=O) groups is 3. The first-order valence-electron chi connectivity index (χ1n) is 10.6. The Balaban J connectivity index is 1.44. The van der Waals surface area contributed by atoms with E-state index in [0.717, 1.165) is 38.9 Å². The smallest absolute Gasteiger partial charge is 0.319 e. The normalized spacial score (nSPS) is 19.7. The van der Waals surface area contributed by atoms with Gasteiger partial charge >= 0.3 is 6.03 Å². The molecule has 1 aliphatic heterocycles. The van der Waals surface area contributed by atoms with Gasteiger partial charge in [-0.05, 0) is 42.3 Å². The number of hydrogen-bond donors (Lipinski definition) is 1. The van der Waals surface area contributed by atoms with E-state index >= 15 is 0 Å². The molecule has 1 heterocycles. The van der Waals surface area contributed by atoms with E-state index in [-0.39, 0.29) is 18.4 Å².